The molecule has 3 rings (SSSR count). The first kappa shape index (κ1) is 18.7. The summed E-state index contributed by atoms with van der Waals surface area (Å²) in [5.41, 5.74) is 3.47. The number of nitrogens with zero attached hydrogens (tertiary/aromatic N) is 1. The van der Waals surface area contributed by atoms with E-state index in [1.165, 1.54) is 4.90 Å². The highest BCUT2D eigenvalue weighted by molar-refractivity contribution is 8.13. The summed E-state index contributed by atoms with van der Waals surface area (Å²) in [6.45, 7) is 0. The molecular weight excluding hydrogens is 356 g/mol. The van der Waals surface area contributed by atoms with Crippen molar-refractivity contribution < 1.29 is 9.59 Å². The molecule has 3 aromatic carbocycles. The van der Waals surface area contributed by atoms with Gasteiger partial charge >= 0.3 is 0 Å². The van der Waals surface area contributed by atoms with Crippen LogP contribution in [0, 0.1) is 0 Å². The monoisotopic (exact) mass is 376 g/mol. The van der Waals surface area contributed by atoms with E-state index in [1.54, 1.807) is 26.2 Å². The van der Waals surface area contributed by atoms with Gasteiger partial charge in [-0.3, -0.25) is 9.59 Å². The normalized spacial score (nSPS) is 10.3. The molecule has 0 spiro atoms. The van der Waals surface area contributed by atoms with Gasteiger partial charge in [0, 0.05) is 30.2 Å². The predicted molar refractivity (Wildman–Crippen MR) is 111 cm³/mol. The Morgan fingerprint density at radius 1 is 0.778 bits per heavy atom. The molecule has 3 aromatic rings. The fourth-order valence-electron chi connectivity index (χ4n) is 2.45. The minimum Gasteiger partial charge on any atom is -0.339 e. The number of nitrogens with one attached hydrogen (secondary N) is 1. The van der Waals surface area contributed by atoms with Crippen molar-refractivity contribution in [2.24, 2.45) is 0 Å². The second-order valence-electron chi connectivity index (χ2n) is 6.18. The maximum absolute atomic E-state index is 12.4. The predicted octanol–water partition coefficient (Wildman–Crippen LogP) is 5.38. The Labute approximate surface area is 163 Å². The number of carbonyl (C=O) groups is 2. The molecule has 136 valence electrons. The zero-order valence-electron chi connectivity index (χ0n) is 15.2. The van der Waals surface area contributed by atoms with Gasteiger partial charge in [0.1, 0.15) is 0 Å². The Balaban J connectivity index is 1.64. The lowest BCUT2D eigenvalue weighted by atomic mass is 10.0. The van der Waals surface area contributed by atoms with Crippen LogP contribution in [-0.4, -0.2) is 30.1 Å². The van der Waals surface area contributed by atoms with Crippen molar-refractivity contribution in [3.63, 3.8) is 0 Å². The Morgan fingerprint density at radius 2 is 1.37 bits per heavy atom. The standard InChI is InChI=1S/C22H20N2O2S/c1-24(2)22(26)27-20-14-12-19(13-15-20)23-21(25)18-10-8-17(9-11-18)16-6-4-3-5-7-16/h3-15H,1-2H3,(H,23,25). The average molecular weight is 376 g/mol. The number of benzene rings is 3. The van der Waals surface area contributed by atoms with Gasteiger partial charge in [-0.1, -0.05) is 42.5 Å². The Bertz CT molecular complexity index is 921. The summed E-state index contributed by atoms with van der Waals surface area (Å²) in [7, 11) is 3.43. The second-order valence-corrected chi connectivity index (χ2v) is 7.21. The first-order valence-electron chi connectivity index (χ1n) is 8.49. The van der Waals surface area contributed by atoms with Crippen molar-refractivity contribution in [2.45, 2.75) is 4.90 Å². The summed E-state index contributed by atoms with van der Waals surface area (Å²) in [5, 5.41) is 2.84. The largest absolute Gasteiger partial charge is 0.339 e. The number of rotatable bonds is 4. The van der Waals surface area contributed by atoms with Crippen molar-refractivity contribution in [3.8, 4) is 11.1 Å². The van der Waals surface area contributed by atoms with Crippen molar-refractivity contribution in [1.82, 2.24) is 4.90 Å². The van der Waals surface area contributed by atoms with Crippen LogP contribution < -0.4 is 5.32 Å². The SMILES string of the molecule is CN(C)C(=O)Sc1ccc(NC(=O)c2ccc(-c3ccccc3)cc2)cc1. The lowest BCUT2D eigenvalue weighted by Gasteiger charge is -2.10. The topological polar surface area (TPSA) is 49.4 Å². The highest BCUT2D eigenvalue weighted by Gasteiger charge is 2.09. The van der Waals surface area contributed by atoms with Crippen LogP contribution in [0.5, 0.6) is 0 Å². The van der Waals surface area contributed by atoms with Gasteiger partial charge in [-0.2, -0.15) is 0 Å². The lowest BCUT2D eigenvalue weighted by molar-refractivity contribution is 0.102. The van der Waals surface area contributed by atoms with Crippen molar-refractivity contribution in [3.05, 3.63) is 84.4 Å². The van der Waals surface area contributed by atoms with Gasteiger partial charge in [0.05, 0.1) is 0 Å². The molecule has 4 nitrogen and oxygen atoms in total. The molecule has 5 heteroatoms. The second kappa shape index (κ2) is 8.56. The lowest BCUT2D eigenvalue weighted by Crippen LogP contribution is -2.16. The van der Waals surface area contributed by atoms with Crippen LogP contribution in [0.3, 0.4) is 0 Å². The minimum absolute atomic E-state index is 0.0368. The summed E-state index contributed by atoms with van der Waals surface area (Å²) in [5.74, 6) is -0.167. The Morgan fingerprint density at radius 3 is 1.96 bits per heavy atom. The summed E-state index contributed by atoms with van der Waals surface area (Å²) in [6, 6.07) is 24.8. The van der Waals surface area contributed by atoms with Gasteiger partial charge in [0.25, 0.3) is 11.1 Å². The number of hydrogen-bond donors (Lipinski definition) is 1. The van der Waals surface area contributed by atoms with E-state index in [0.717, 1.165) is 27.8 Å². The molecule has 1 N–H and O–H groups in total. The summed E-state index contributed by atoms with van der Waals surface area (Å²) in [4.78, 5) is 26.5. The first-order valence-corrected chi connectivity index (χ1v) is 9.30. The third kappa shape index (κ3) is 4.99. The van der Waals surface area contributed by atoms with Crippen molar-refractivity contribution in [1.29, 1.82) is 0 Å². The molecule has 0 atom stereocenters. The van der Waals surface area contributed by atoms with E-state index < -0.39 is 0 Å². The van der Waals surface area contributed by atoms with E-state index in [2.05, 4.69) is 5.32 Å². The van der Waals surface area contributed by atoms with E-state index in [1.807, 2.05) is 66.7 Å². The summed E-state index contributed by atoms with van der Waals surface area (Å²) < 4.78 is 0. The molecule has 0 radical (unpaired) electrons. The fourth-order valence-corrected chi connectivity index (χ4v) is 3.10. The van der Waals surface area contributed by atoms with Crippen molar-refractivity contribution >= 4 is 28.6 Å². The minimum atomic E-state index is -0.167. The third-order valence-electron chi connectivity index (χ3n) is 3.94. The fraction of sp³-hybridized carbons (Fsp3) is 0.0909. The maximum atomic E-state index is 12.4. The molecule has 0 saturated heterocycles. The highest BCUT2D eigenvalue weighted by Crippen LogP contribution is 2.23. The van der Waals surface area contributed by atoms with Crippen LogP contribution in [0.25, 0.3) is 11.1 Å². The molecule has 0 bridgehead atoms. The van der Waals surface area contributed by atoms with Crippen LogP contribution in [-0.2, 0) is 0 Å². The molecule has 27 heavy (non-hydrogen) atoms. The molecule has 0 aliphatic carbocycles. The Hall–Kier alpha value is -3.05. The quantitative estimate of drug-likeness (QED) is 0.622. The van der Waals surface area contributed by atoms with Crippen LogP contribution in [0.2, 0.25) is 0 Å². The van der Waals surface area contributed by atoms with E-state index >= 15 is 0 Å². The number of amides is 2. The molecule has 0 unspecified atom stereocenters. The van der Waals surface area contributed by atoms with Gasteiger partial charge in [-0.25, -0.2) is 0 Å². The van der Waals surface area contributed by atoms with Crippen LogP contribution in [0.1, 0.15) is 10.4 Å². The first-order chi connectivity index (χ1) is 13.0. The molecule has 0 aromatic heterocycles. The van der Waals surface area contributed by atoms with Crippen molar-refractivity contribution in [2.75, 3.05) is 19.4 Å². The van der Waals surface area contributed by atoms with Gasteiger partial charge < -0.3 is 10.2 Å². The van der Waals surface area contributed by atoms with E-state index in [4.69, 9.17) is 0 Å². The molecule has 0 aliphatic rings. The molecule has 0 saturated carbocycles. The van der Waals surface area contributed by atoms with Gasteiger partial charge in [0.15, 0.2) is 0 Å². The smallest absolute Gasteiger partial charge is 0.285 e. The maximum Gasteiger partial charge on any atom is 0.285 e. The molecular formula is C22H20N2O2S. The van der Waals surface area contributed by atoms with Gasteiger partial charge in [-0.05, 0) is 59.3 Å². The highest BCUT2D eigenvalue weighted by atomic mass is 32.2. The number of hydrogen-bond acceptors (Lipinski definition) is 3. The summed E-state index contributed by atoms with van der Waals surface area (Å²) in [6.07, 6.45) is 0. The van der Waals surface area contributed by atoms with Crippen LogP contribution >= 0.6 is 11.8 Å². The average Bonchev–Trinajstić information content (AvgIpc) is 2.70. The molecule has 0 fully saturated rings. The number of anilines is 1. The third-order valence-corrected chi connectivity index (χ3v) is 4.98. The number of carbonyl (C=O) groups excluding carboxylic acids is 2. The number of thioether (sulfide) groups is 1. The summed E-state index contributed by atoms with van der Waals surface area (Å²) >= 11 is 1.15. The van der Waals surface area contributed by atoms with Crippen LogP contribution in [0.4, 0.5) is 10.5 Å². The van der Waals surface area contributed by atoms with E-state index in [9.17, 15) is 9.59 Å². The van der Waals surface area contributed by atoms with E-state index in [-0.39, 0.29) is 11.1 Å². The molecule has 2 amide bonds. The molecule has 0 aliphatic heterocycles. The Kier molecular flexibility index (Phi) is 5.94. The zero-order valence-corrected chi connectivity index (χ0v) is 16.0. The van der Waals surface area contributed by atoms with Crippen LogP contribution in [0.15, 0.2) is 83.8 Å². The van der Waals surface area contributed by atoms with E-state index in [0.29, 0.717) is 11.3 Å². The zero-order chi connectivity index (χ0) is 19.2. The molecule has 0 heterocycles. The van der Waals surface area contributed by atoms with Gasteiger partial charge in [-0.15, -0.1) is 0 Å². The van der Waals surface area contributed by atoms with Gasteiger partial charge in [0.2, 0.25) is 0 Å².